The molecule has 0 aliphatic carbocycles. The summed E-state index contributed by atoms with van der Waals surface area (Å²) >= 11 is 0. The SMILES string of the molecule is CCC(CC)OCC(F)(F)C(F)(F)CC. The first-order chi connectivity index (χ1) is 6.80. The monoisotopic (exact) mass is 230 g/mol. The van der Waals surface area contributed by atoms with Gasteiger partial charge in [-0.2, -0.15) is 17.6 Å². The second-order valence-electron chi connectivity index (χ2n) is 3.51. The molecule has 0 rings (SSSR count). The molecule has 0 aromatic rings. The van der Waals surface area contributed by atoms with Gasteiger partial charge < -0.3 is 4.74 Å². The number of alkyl halides is 4. The Morgan fingerprint density at radius 2 is 1.40 bits per heavy atom. The zero-order chi connectivity index (χ0) is 12.1. The van der Waals surface area contributed by atoms with E-state index < -0.39 is 24.9 Å². The average molecular weight is 230 g/mol. The van der Waals surface area contributed by atoms with Crippen molar-refractivity contribution in [1.82, 2.24) is 0 Å². The van der Waals surface area contributed by atoms with Crippen LogP contribution in [-0.4, -0.2) is 24.6 Å². The van der Waals surface area contributed by atoms with Crippen molar-refractivity contribution in [2.45, 2.75) is 58.0 Å². The number of hydrogen-bond acceptors (Lipinski definition) is 1. The summed E-state index contributed by atoms with van der Waals surface area (Å²) in [6, 6.07) is 0. The van der Waals surface area contributed by atoms with Crippen LogP contribution in [0.5, 0.6) is 0 Å². The zero-order valence-corrected chi connectivity index (χ0v) is 9.33. The highest BCUT2D eigenvalue weighted by Gasteiger charge is 2.54. The second-order valence-corrected chi connectivity index (χ2v) is 3.51. The summed E-state index contributed by atoms with van der Waals surface area (Å²) < 4.78 is 56.2. The summed E-state index contributed by atoms with van der Waals surface area (Å²) in [4.78, 5) is 0. The van der Waals surface area contributed by atoms with E-state index in [1.54, 1.807) is 13.8 Å². The Morgan fingerprint density at radius 1 is 0.933 bits per heavy atom. The molecule has 0 unspecified atom stereocenters. The van der Waals surface area contributed by atoms with Crippen LogP contribution in [0.4, 0.5) is 17.6 Å². The predicted octanol–water partition coefficient (Wildman–Crippen LogP) is 3.87. The van der Waals surface area contributed by atoms with Crippen molar-refractivity contribution in [1.29, 1.82) is 0 Å². The van der Waals surface area contributed by atoms with Gasteiger partial charge in [-0.1, -0.05) is 20.8 Å². The van der Waals surface area contributed by atoms with Crippen molar-refractivity contribution in [2.24, 2.45) is 0 Å². The van der Waals surface area contributed by atoms with E-state index in [4.69, 9.17) is 4.74 Å². The van der Waals surface area contributed by atoms with E-state index in [0.29, 0.717) is 12.8 Å². The quantitative estimate of drug-likeness (QED) is 0.603. The normalized spacial score (nSPS) is 13.6. The van der Waals surface area contributed by atoms with Crippen LogP contribution >= 0.6 is 0 Å². The molecule has 0 aliphatic rings. The Balaban J connectivity index is 4.26. The van der Waals surface area contributed by atoms with Gasteiger partial charge in [0.15, 0.2) is 0 Å². The number of rotatable bonds is 7. The Hall–Kier alpha value is -0.320. The molecule has 5 heteroatoms. The topological polar surface area (TPSA) is 9.23 Å². The summed E-state index contributed by atoms with van der Waals surface area (Å²) in [7, 11) is 0. The molecule has 0 heterocycles. The van der Waals surface area contributed by atoms with Crippen LogP contribution < -0.4 is 0 Å². The summed E-state index contributed by atoms with van der Waals surface area (Å²) in [5, 5.41) is 0. The molecule has 0 N–H and O–H groups in total. The number of halogens is 4. The lowest BCUT2D eigenvalue weighted by Gasteiger charge is -2.27. The summed E-state index contributed by atoms with van der Waals surface area (Å²) in [5.74, 6) is -8.07. The van der Waals surface area contributed by atoms with Crippen LogP contribution in [-0.2, 0) is 4.74 Å². The molecule has 0 radical (unpaired) electrons. The van der Waals surface area contributed by atoms with Gasteiger partial charge in [-0.25, -0.2) is 0 Å². The van der Waals surface area contributed by atoms with Crippen LogP contribution in [0, 0.1) is 0 Å². The van der Waals surface area contributed by atoms with Crippen LogP contribution in [0.1, 0.15) is 40.0 Å². The molecule has 0 spiro atoms. The fourth-order valence-electron chi connectivity index (χ4n) is 1.11. The lowest BCUT2D eigenvalue weighted by atomic mass is 10.1. The van der Waals surface area contributed by atoms with Gasteiger partial charge >= 0.3 is 11.8 Å². The van der Waals surface area contributed by atoms with Crippen molar-refractivity contribution < 1.29 is 22.3 Å². The molecule has 1 nitrogen and oxygen atoms in total. The Labute approximate surface area is 87.8 Å². The van der Waals surface area contributed by atoms with Crippen LogP contribution in [0.25, 0.3) is 0 Å². The van der Waals surface area contributed by atoms with E-state index in [-0.39, 0.29) is 6.10 Å². The van der Waals surface area contributed by atoms with E-state index in [1.807, 2.05) is 0 Å². The van der Waals surface area contributed by atoms with Crippen LogP contribution in [0.2, 0.25) is 0 Å². The minimum atomic E-state index is -4.08. The molecule has 0 saturated carbocycles. The van der Waals surface area contributed by atoms with Gasteiger partial charge in [0, 0.05) is 6.42 Å². The summed E-state index contributed by atoms with van der Waals surface area (Å²) in [6.45, 7) is 3.36. The van der Waals surface area contributed by atoms with Crippen molar-refractivity contribution >= 4 is 0 Å². The summed E-state index contributed by atoms with van der Waals surface area (Å²) in [5.41, 5.74) is 0. The molecule has 92 valence electrons. The molecular formula is C10H18F4O. The minimum absolute atomic E-state index is 0.372. The number of ether oxygens (including phenoxy) is 1. The van der Waals surface area contributed by atoms with Gasteiger partial charge in [0.1, 0.15) is 6.61 Å². The number of hydrogen-bond donors (Lipinski definition) is 0. The smallest absolute Gasteiger partial charge is 0.332 e. The van der Waals surface area contributed by atoms with Crippen molar-refractivity contribution in [3.8, 4) is 0 Å². The molecule has 0 saturated heterocycles. The van der Waals surface area contributed by atoms with Crippen LogP contribution in [0.15, 0.2) is 0 Å². The molecule has 0 aromatic carbocycles. The maximum atomic E-state index is 13.0. The van der Waals surface area contributed by atoms with Gasteiger partial charge in [0.2, 0.25) is 0 Å². The molecule has 15 heavy (non-hydrogen) atoms. The molecule has 0 atom stereocenters. The van der Waals surface area contributed by atoms with Gasteiger partial charge in [-0.05, 0) is 12.8 Å². The van der Waals surface area contributed by atoms with E-state index in [0.717, 1.165) is 6.92 Å². The lowest BCUT2D eigenvalue weighted by Crippen LogP contribution is -2.44. The Bertz CT molecular complexity index is 178. The largest absolute Gasteiger partial charge is 0.372 e. The highest BCUT2D eigenvalue weighted by Crippen LogP contribution is 2.37. The van der Waals surface area contributed by atoms with Crippen molar-refractivity contribution in [2.75, 3.05) is 6.61 Å². The second kappa shape index (κ2) is 5.68. The third-order valence-electron chi connectivity index (χ3n) is 2.39. The van der Waals surface area contributed by atoms with Gasteiger partial charge in [0.25, 0.3) is 0 Å². The first-order valence-corrected chi connectivity index (χ1v) is 5.18. The fourth-order valence-corrected chi connectivity index (χ4v) is 1.11. The van der Waals surface area contributed by atoms with E-state index >= 15 is 0 Å². The highest BCUT2D eigenvalue weighted by atomic mass is 19.3. The van der Waals surface area contributed by atoms with E-state index in [1.165, 1.54) is 0 Å². The maximum Gasteiger partial charge on any atom is 0.332 e. The lowest BCUT2D eigenvalue weighted by molar-refractivity contribution is -0.238. The summed E-state index contributed by atoms with van der Waals surface area (Å²) in [6.07, 6.45) is -0.163. The third kappa shape index (κ3) is 3.97. The molecule has 0 aromatic heterocycles. The molecule has 0 bridgehead atoms. The Kier molecular flexibility index (Phi) is 5.56. The third-order valence-corrected chi connectivity index (χ3v) is 2.39. The fraction of sp³-hybridized carbons (Fsp3) is 1.00. The van der Waals surface area contributed by atoms with Crippen LogP contribution in [0.3, 0.4) is 0 Å². The zero-order valence-electron chi connectivity index (χ0n) is 9.33. The standard InChI is InChI=1S/C10H18F4O/c1-4-8(5-2)15-7-10(13,14)9(11,12)6-3/h8H,4-7H2,1-3H3. The highest BCUT2D eigenvalue weighted by molar-refractivity contribution is 4.83. The molecular weight excluding hydrogens is 212 g/mol. The molecule has 0 amide bonds. The van der Waals surface area contributed by atoms with Gasteiger partial charge in [0.05, 0.1) is 6.10 Å². The molecule has 0 aliphatic heterocycles. The predicted molar refractivity (Wildman–Crippen MR) is 50.5 cm³/mol. The van der Waals surface area contributed by atoms with E-state index in [2.05, 4.69) is 0 Å². The van der Waals surface area contributed by atoms with Gasteiger partial charge in [-0.15, -0.1) is 0 Å². The molecule has 0 fully saturated rings. The van der Waals surface area contributed by atoms with Crippen molar-refractivity contribution in [3.05, 3.63) is 0 Å². The van der Waals surface area contributed by atoms with E-state index in [9.17, 15) is 17.6 Å². The van der Waals surface area contributed by atoms with Gasteiger partial charge in [-0.3, -0.25) is 0 Å². The van der Waals surface area contributed by atoms with Crippen molar-refractivity contribution in [3.63, 3.8) is 0 Å². The Morgan fingerprint density at radius 3 is 1.73 bits per heavy atom. The maximum absolute atomic E-state index is 13.0. The first-order valence-electron chi connectivity index (χ1n) is 5.18. The minimum Gasteiger partial charge on any atom is -0.372 e. The first kappa shape index (κ1) is 14.7. The average Bonchev–Trinajstić information content (AvgIpc) is 2.19.